The number of nitrogens with two attached hydrogens (primary N) is 1. The van der Waals surface area contributed by atoms with Gasteiger partial charge in [-0.1, -0.05) is 36.4 Å². The van der Waals surface area contributed by atoms with E-state index in [0.29, 0.717) is 0 Å². The molecule has 108 valence electrons. The van der Waals surface area contributed by atoms with Crippen molar-refractivity contribution in [3.05, 3.63) is 65.9 Å². The number of aryl methyl sites for hydroxylation is 3. The van der Waals surface area contributed by atoms with Crippen LogP contribution < -0.4 is 5.73 Å². The molecule has 1 heterocycles. The Balaban J connectivity index is 1.64. The molecule has 1 aromatic heterocycles. The standard InChI is InChI=1S/C19H22N2/c1-15-14-21(19-13-17(20)10-11-18(15)19)12-6-5-9-16-7-3-2-4-8-16/h2-4,7-8,10-11,13-14H,5-6,9,12,20H2,1H3. The molecule has 0 radical (unpaired) electrons. The van der Waals surface area contributed by atoms with E-state index in [9.17, 15) is 0 Å². The first-order valence-electron chi connectivity index (χ1n) is 7.63. The summed E-state index contributed by atoms with van der Waals surface area (Å²) in [5.74, 6) is 0. The summed E-state index contributed by atoms with van der Waals surface area (Å²) in [5.41, 5.74) is 10.8. The smallest absolute Gasteiger partial charge is 0.0503 e. The van der Waals surface area contributed by atoms with E-state index in [0.717, 1.165) is 18.7 Å². The molecule has 0 unspecified atom stereocenters. The highest BCUT2D eigenvalue weighted by Gasteiger charge is 2.05. The minimum Gasteiger partial charge on any atom is -0.399 e. The summed E-state index contributed by atoms with van der Waals surface area (Å²) in [6, 6.07) is 16.9. The summed E-state index contributed by atoms with van der Waals surface area (Å²) in [6.07, 6.45) is 5.80. The minimum atomic E-state index is 0.839. The fourth-order valence-corrected chi connectivity index (χ4v) is 2.93. The number of benzene rings is 2. The molecule has 0 atom stereocenters. The lowest BCUT2D eigenvalue weighted by Gasteiger charge is -2.06. The van der Waals surface area contributed by atoms with E-state index >= 15 is 0 Å². The van der Waals surface area contributed by atoms with Crippen molar-refractivity contribution in [2.45, 2.75) is 32.7 Å². The third-order valence-corrected chi connectivity index (χ3v) is 4.06. The molecule has 2 nitrogen and oxygen atoms in total. The van der Waals surface area contributed by atoms with Crippen LogP contribution in [0, 0.1) is 6.92 Å². The molecule has 0 bridgehead atoms. The van der Waals surface area contributed by atoms with E-state index in [2.05, 4.69) is 60.2 Å². The molecular formula is C19H22N2. The number of unbranched alkanes of at least 4 members (excludes halogenated alkanes) is 1. The Hall–Kier alpha value is -2.22. The number of fused-ring (bicyclic) bond motifs is 1. The van der Waals surface area contributed by atoms with Gasteiger partial charge in [0.2, 0.25) is 0 Å². The van der Waals surface area contributed by atoms with Gasteiger partial charge in [-0.25, -0.2) is 0 Å². The number of rotatable bonds is 5. The van der Waals surface area contributed by atoms with Crippen LogP contribution in [0.25, 0.3) is 10.9 Å². The van der Waals surface area contributed by atoms with Crippen LogP contribution in [0.15, 0.2) is 54.7 Å². The summed E-state index contributed by atoms with van der Waals surface area (Å²) < 4.78 is 2.34. The summed E-state index contributed by atoms with van der Waals surface area (Å²) >= 11 is 0. The molecule has 21 heavy (non-hydrogen) atoms. The van der Waals surface area contributed by atoms with Gasteiger partial charge >= 0.3 is 0 Å². The lowest BCUT2D eigenvalue weighted by atomic mass is 10.1. The molecule has 2 heteroatoms. The molecular weight excluding hydrogens is 256 g/mol. The van der Waals surface area contributed by atoms with Crippen LogP contribution in [0.2, 0.25) is 0 Å². The van der Waals surface area contributed by atoms with Gasteiger partial charge in [-0.05, 0) is 49.4 Å². The minimum absolute atomic E-state index is 0.839. The molecule has 0 aliphatic rings. The van der Waals surface area contributed by atoms with E-state index in [1.165, 1.54) is 34.9 Å². The number of anilines is 1. The lowest BCUT2D eigenvalue weighted by molar-refractivity contribution is 0.623. The maximum Gasteiger partial charge on any atom is 0.0503 e. The Kier molecular flexibility index (Phi) is 3.96. The van der Waals surface area contributed by atoms with Gasteiger partial charge in [0.15, 0.2) is 0 Å². The van der Waals surface area contributed by atoms with Crippen molar-refractivity contribution in [2.75, 3.05) is 5.73 Å². The fraction of sp³-hybridized carbons (Fsp3) is 0.263. The van der Waals surface area contributed by atoms with E-state index in [1.54, 1.807) is 0 Å². The fourth-order valence-electron chi connectivity index (χ4n) is 2.93. The van der Waals surface area contributed by atoms with E-state index in [-0.39, 0.29) is 0 Å². The second kappa shape index (κ2) is 6.04. The zero-order valence-electron chi connectivity index (χ0n) is 12.5. The Morgan fingerprint density at radius 1 is 1.00 bits per heavy atom. The molecule has 0 aliphatic carbocycles. The normalized spacial score (nSPS) is 11.1. The van der Waals surface area contributed by atoms with Crippen molar-refractivity contribution in [1.82, 2.24) is 4.57 Å². The molecule has 0 fully saturated rings. The van der Waals surface area contributed by atoms with Crippen LogP contribution in [-0.2, 0) is 13.0 Å². The van der Waals surface area contributed by atoms with E-state index in [1.807, 2.05) is 6.07 Å². The quantitative estimate of drug-likeness (QED) is 0.538. The molecule has 0 aliphatic heterocycles. The largest absolute Gasteiger partial charge is 0.399 e. The van der Waals surface area contributed by atoms with Crippen LogP contribution in [0.4, 0.5) is 5.69 Å². The maximum absolute atomic E-state index is 5.92. The Morgan fingerprint density at radius 2 is 1.81 bits per heavy atom. The van der Waals surface area contributed by atoms with Crippen molar-refractivity contribution in [2.24, 2.45) is 0 Å². The van der Waals surface area contributed by atoms with E-state index < -0.39 is 0 Å². The van der Waals surface area contributed by atoms with Gasteiger partial charge in [-0.3, -0.25) is 0 Å². The Bertz CT molecular complexity index is 726. The second-order valence-electron chi connectivity index (χ2n) is 5.72. The predicted octanol–water partition coefficient (Wildman–Crippen LogP) is 4.55. The monoisotopic (exact) mass is 278 g/mol. The molecule has 2 N–H and O–H groups in total. The van der Waals surface area contributed by atoms with Crippen LogP contribution in [-0.4, -0.2) is 4.57 Å². The molecule has 0 spiro atoms. The summed E-state index contributed by atoms with van der Waals surface area (Å²) in [7, 11) is 0. The first kappa shape index (κ1) is 13.7. The average Bonchev–Trinajstić information content (AvgIpc) is 2.80. The van der Waals surface area contributed by atoms with Crippen LogP contribution in [0.1, 0.15) is 24.0 Å². The molecule has 0 saturated heterocycles. The first-order chi connectivity index (χ1) is 10.2. The highest BCUT2D eigenvalue weighted by Crippen LogP contribution is 2.23. The van der Waals surface area contributed by atoms with Crippen LogP contribution in [0.5, 0.6) is 0 Å². The predicted molar refractivity (Wildman–Crippen MR) is 90.5 cm³/mol. The molecule has 0 saturated carbocycles. The van der Waals surface area contributed by atoms with Gasteiger partial charge in [0.05, 0.1) is 5.52 Å². The zero-order valence-corrected chi connectivity index (χ0v) is 12.5. The highest BCUT2D eigenvalue weighted by atomic mass is 15.0. The van der Waals surface area contributed by atoms with Gasteiger partial charge in [0.25, 0.3) is 0 Å². The van der Waals surface area contributed by atoms with Gasteiger partial charge in [0, 0.05) is 23.8 Å². The zero-order chi connectivity index (χ0) is 14.7. The topological polar surface area (TPSA) is 30.9 Å². The number of nitrogens with zero attached hydrogens (tertiary/aromatic N) is 1. The van der Waals surface area contributed by atoms with Crippen LogP contribution >= 0.6 is 0 Å². The lowest BCUT2D eigenvalue weighted by Crippen LogP contribution is -1.97. The van der Waals surface area contributed by atoms with Crippen molar-refractivity contribution in [1.29, 1.82) is 0 Å². The van der Waals surface area contributed by atoms with Gasteiger partial charge in [-0.2, -0.15) is 0 Å². The van der Waals surface area contributed by atoms with Crippen molar-refractivity contribution in [3.8, 4) is 0 Å². The number of hydrogen-bond donors (Lipinski definition) is 1. The first-order valence-corrected chi connectivity index (χ1v) is 7.63. The average molecular weight is 278 g/mol. The molecule has 0 amide bonds. The van der Waals surface area contributed by atoms with Crippen molar-refractivity contribution >= 4 is 16.6 Å². The van der Waals surface area contributed by atoms with Crippen molar-refractivity contribution < 1.29 is 0 Å². The molecule has 3 aromatic rings. The second-order valence-corrected chi connectivity index (χ2v) is 5.72. The number of nitrogen functional groups attached to an aromatic ring is 1. The third-order valence-electron chi connectivity index (χ3n) is 4.06. The van der Waals surface area contributed by atoms with Crippen molar-refractivity contribution in [3.63, 3.8) is 0 Å². The maximum atomic E-state index is 5.92. The Morgan fingerprint density at radius 3 is 2.62 bits per heavy atom. The van der Waals surface area contributed by atoms with Crippen LogP contribution in [0.3, 0.4) is 0 Å². The van der Waals surface area contributed by atoms with Gasteiger partial charge in [-0.15, -0.1) is 0 Å². The summed E-state index contributed by atoms with van der Waals surface area (Å²) in [6.45, 7) is 3.22. The van der Waals surface area contributed by atoms with Gasteiger partial charge in [0.1, 0.15) is 0 Å². The SMILES string of the molecule is Cc1cn(CCCCc2ccccc2)c2cc(N)ccc12. The summed E-state index contributed by atoms with van der Waals surface area (Å²) in [4.78, 5) is 0. The molecule has 2 aromatic carbocycles. The highest BCUT2D eigenvalue weighted by molar-refractivity contribution is 5.86. The summed E-state index contributed by atoms with van der Waals surface area (Å²) in [5, 5.41) is 1.31. The van der Waals surface area contributed by atoms with E-state index in [4.69, 9.17) is 5.73 Å². The van der Waals surface area contributed by atoms with Gasteiger partial charge < -0.3 is 10.3 Å². The molecule has 3 rings (SSSR count). The Labute approximate surface area is 126 Å². The number of aromatic nitrogens is 1. The number of hydrogen-bond acceptors (Lipinski definition) is 1. The third kappa shape index (κ3) is 3.10.